The van der Waals surface area contributed by atoms with Crippen LogP contribution >= 0.6 is 0 Å². The van der Waals surface area contributed by atoms with Gasteiger partial charge >= 0.3 is 0 Å². The molecule has 0 saturated heterocycles. The maximum Gasteiger partial charge on any atom is 0.128 e. The van der Waals surface area contributed by atoms with Gasteiger partial charge in [-0.05, 0) is 31.0 Å². The molecule has 0 aromatic carbocycles. The average Bonchev–Trinajstić information content (AvgIpc) is 2.39. The van der Waals surface area contributed by atoms with Crippen LogP contribution in [0.1, 0.15) is 39.3 Å². The summed E-state index contributed by atoms with van der Waals surface area (Å²) in [5, 5.41) is 3.39. The SMILES string of the molecule is CCCNCc1cccc(N(C)CC(C)CC)n1. The van der Waals surface area contributed by atoms with E-state index in [4.69, 9.17) is 4.98 Å². The molecule has 0 aliphatic heterocycles. The van der Waals surface area contributed by atoms with Crippen LogP contribution in [-0.2, 0) is 6.54 Å². The van der Waals surface area contributed by atoms with Crippen molar-refractivity contribution in [3.8, 4) is 0 Å². The summed E-state index contributed by atoms with van der Waals surface area (Å²) in [5.74, 6) is 1.78. The van der Waals surface area contributed by atoms with E-state index in [-0.39, 0.29) is 0 Å². The zero-order valence-corrected chi connectivity index (χ0v) is 12.2. The van der Waals surface area contributed by atoms with Gasteiger partial charge in [-0.25, -0.2) is 4.98 Å². The fraction of sp³-hybridized carbons (Fsp3) is 0.667. The third-order valence-electron chi connectivity index (χ3n) is 3.20. The number of aromatic nitrogens is 1. The molecule has 1 unspecified atom stereocenters. The largest absolute Gasteiger partial charge is 0.359 e. The number of hydrogen-bond donors (Lipinski definition) is 1. The van der Waals surface area contributed by atoms with Crippen LogP contribution in [0.15, 0.2) is 18.2 Å². The molecule has 102 valence electrons. The predicted molar refractivity (Wildman–Crippen MR) is 79.0 cm³/mol. The summed E-state index contributed by atoms with van der Waals surface area (Å²) in [6, 6.07) is 6.27. The molecule has 3 nitrogen and oxygen atoms in total. The standard InChI is InChI=1S/C15H27N3/c1-5-10-16-11-14-8-7-9-15(17-14)18(4)12-13(3)6-2/h7-9,13,16H,5-6,10-12H2,1-4H3. The van der Waals surface area contributed by atoms with E-state index in [1.165, 1.54) is 6.42 Å². The van der Waals surface area contributed by atoms with Gasteiger partial charge in [0.05, 0.1) is 5.69 Å². The van der Waals surface area contributed by atoms with Crippen molar-refractivity contribution in [2.45, 2.75) is 40.2 Å². The van der Waals surface area contributed by atoms with Gasteiger partial charge in [-0.3, -0.25) is 0 Å². The lowest BCUT2D eigenvalue weighted by Gasteiger charge is -2.22. The van der Waals surface area contributed by atoms with Gasteiger partial charge in [0.25, 0.3) is 0 Å². The molecular weight excluding hydrogens is 222 g/mol. The number of hydrogen-bond acceptors (Lipinski definition) is 3. The lowest BCUT2D eigenvalue weighted by Crippen LogP contribution is -2.25. The minimum Gasteiger partial charge on any atom is -0.359 e. The Hall–Kier alpha value is -1.09. The molecule has 0 radical (unpaired) electrons. The summed E-state index contributed by atoms with van der Waals surface area (Å²) in [5.41, 5.74) is 1.12. The number of pyridine rings is 1. The first-order valence-electron chi connectivity index (χ1n) is 7.05. The van der Waals surface area contributed by atoms with Gasteiger partial charge in [-0.2, -0.15) is 0 Å². The molecule has 3 heteroatoms. The zero-order chi connectivity index (χ0) is 13.4. The Morgan fingerprint density at radius 1 is 1.33 bits per heavy atom. The van der Waals surface area contributed by atoms with E-state index in [0.717, 1.165) is 37.6 Å². The third-order valence-corrected chi connectivity index (χ3v) is 3.20. The normalized spacial score (nSPS) is 12.4. The van der Waals surface area contributed by atoms with Gasteiger partial charge in [-0.15, -0.1) is 0 Å². The molecule has 1 atom stereocenters. The van der Waals surface area contributed by atoms with Crippen LogP contribution in [0.5, 0.6) is 0 Å². The molecule has 0 amide bonds. The number of anilines is 1. The number of nitrogens with zero attached hydrogens (tertiary/aromatic N) is 2. The molecule has 1 N–H and O–H groups in total. The van der Waals surface area contributed by atoms with Gasteiger partial charge < -0.3 is 10.2 Å². The molecule has 1 aromatic heterocycles. The first kappa shape index (κ1) is 15.0. The lowest BCUT2D eigenvalue weighted by atomic mass is 10.1. The van der Waals surface area contributed by atoms with Crippen LogP contribution in [0.4, 0.5) is 5.82 Å². The van der Waals surface area contributed by atoms with Gasteiger partial charge in [0.2, 0.25) is 0 Å². The second kappa shape index (κ2) is 8.09. The molecular formula is C15H27N3. The molecule has 0 bridgehead atoms. The van der Waals surface area contributed by atoms with Crippen molar-refractivity contribution in [2.24, 2.45) is 5.92 Å². The highest BCUT2D eigenvalue weighted by molar-refractivity contribution is 5.38. The zero-order valence-electron chi connectivity index (χ0n) is 12.2. The molecule has 0 aliphatic rings. The second-order valence-electron chi connectivity index (χ2n) is 5.06. The van der Waals surface area contributed by atoms with Crippen LogP contribution in [0, 0.1) is 5.92 Å². The predicted octanol–water partition coefficient (Wildman–Crippen LogP) is 3.06. The van der Waals surface area contributed by atoms with Crippen molar-refractivity contribution in [1.82, 2.24) is 10.3 Å². The van der Waals surface area contributed by atoms with Crippen molar-refractivity contribution in [1.29, 1.82) is 0 Å². The van der Waals surface area contributed by atoms with E-state index in [0.29, 0.717) is 5.92 Å². The molecule has 0 spiro atoms. The van der Waals surface area contributed by atoms with Crippen LogP contribution in [0.3, 0.4) is 0 Å². The maximum atomic E-state index is 4.70. The molecule has 1 aromatic rings. The monoisotopic (exact) mass is 249 g/mol. The van der Waals surface area contributed by atoms with E-state index >= 15 is 0 Å². The highest BCUT2D eigenvalue weighted by Crippen LogP contribution is 2.13. The molecule has 0 fully saturated rings. The smallest absolute Gasteiger partial charge is 0.128 e. The Kier molecular flexibility index (Phi) is 6.73. The van der Waals surface area contributed by atoms with Crippen LogP contribution in [0.2, 0.25) is 0 Å². The van der Waals surface area contributed by atoms with Crippen molar-refractivity contribution in [3.63, 3.8) is 0 Å². The van der Waals surface area contributed by atoms with Crippen LogP contribution < -0.4 is 10.2 Å². The number of nitrogens with one attached hydrogen (secondary N) is 1. The lowest BCUT2D eigenvalue weighted by molar-refractivity contribution is 0.557. The number of rotatable bonds is 8. The van der Waals surface area contributed by atoms with Crippen molar-refractivity contribution in [2.75, 3.05) is 25.0 Å². The van der Waals surface area contributed by atoms with E-state index in [2.05, 4.69) is 56.2 Å². The summed E-state index contributed by atoms with van der Waals surface area (Å²) in [7, 11) is 2.12. The van der Waals surface area contributed by atoms with Crippen LogP contribution in [-0.4, -0.2) is 25.1 Å². The quantitative estimate of drug-likeness (QED) is 0.718. The van der Waals surface area contributed by atoms with E-state index in [1.807, 2.05) is 0 Å². The Morgan fingerprint density at radius 3 is 2.78 bits per heavy atom. The average molecular weight is 249 g/mol. The fourth-order valence-electron chi connectivity index (χ4n) is 1.86. The first-order chi connectivity index (χ1) is 8.67. The first-order valence-corrected chi connectivity index (χ1v) is 7.05. The Balaban J connectivity index is 2.57. The third kappa shape index (κ3) is 5.05. The van der Waals surface area contributed by atoms with Crippen LogP contribution in [0.25, 0.3) is 0 Å². The summed E-state index contributed by atoms with van der Waals surface area (Å²) in [6.07, 6.45) is 2.37. The second-order valence-corrected chi connectivity index (χ2v) is 5.06. The summed E-state index contributed by atoms with van der Waals surface area (Å²) < 4.78 is 0. The summed E-state index contributed by atoms with van der Waals surface area (Å²) >= 11 is 0. The van der Waals surface area contributed by atoms with E-state index in [9.17, 15) is 0 Å². The summed E-state index contributed by atoms with van der Waals surface area (Å²) in [6.45, 7) is 9.67. The summed E-state index contributed by atoms with van der Waals surface area (Å²) in [4.78, 5) is 6.94. The molecule has 1 heterocycles. The Bertz CT molecular complexity index is 338. The maximum absolute atomic E-state index is 4.70. The molecule has 0 saturated carbocycles. The van der Waals surface area contributed by atoms with E-state index < -0.39 is 0 Å². The van der Waals surface area contributed by atoms with Gasteiger partial charge in [0.15, 0.2) is 0 Å². The Labute approximate surface area is 112 Å². The molecule has 18 heavy (non-hydrogen) atoms. The highest BCUT2D eigenvalue weighted by Gasteiger charge is 2.07. The molecule has 1 rings (SSSR count). The minimum absolute atomic E-state index is 0.707. The highest BCUT2D eigenvalue weighted by atomic mass is 15.2. The van der Waals surface area contributed by atoms with Crippen molar-refractivity contribution in [3.05, 3.63) is 23.9 Å². The van der Waals surface area contributed by atoms with Gasteiger partial charge in [0, 0.05) is 20.1 Å². The fourth-order valence-corrected chi connectivity index (χ4v) is 1.86. The topological polar surface area (TPSA) is 28.2 Å². The van der Waals surface area contributed by atoms with Gasteiger partial charge in [0.1, 0.15) is 5.82 Å². The Morgan fingerprint density at radius 2 is 2.11 bits per heavy atom. The minimum atomic E-state index is 0.707. The molecule has 0 aliphatic carbocycles. The van der Waals surface area contributed by atoms with Gasteiger partial charge in [-0.1, -0.05) is 33.3 Å². The van der Waals surface area contributed by atoms with Crippen molar-refractivity contribution < 1.29 is 0 Å². The van der Waals surface area contributed by atoms with Crippen molar-refractivity contribution >= 4 is 5.82 Å². The van der Waals surface area contributed by atoms with E-state index in [1.54, 1.807) is 0 Å².